The molecule has 0 N–H and O–H groups in total. The lowest BCUT2D eigenvalue weighted by Crippen LogP contribution is -2.16. The van der Waals surface area contributed by atoms with E-state index < -0.39 is 5.76 Å². The maximum atomic E-state index is 11.7. The predicted molar refractivity (Wildman–Crippen MR) is 68.7 cm³/mol. The molecule has 3 aromatic rings. The van der Waals surface area contributed by atoms with Crippen LogP contribution >= 0.6 is 0 Å². The van der Waals surface area contributed by atoms with Gasteiger partial charge in [-0.3, -0.25) is 0 Å². The van der Waals surface area contributed by atoms with Gasteiger partial charge >= 0.3 is 5.76 Å². The van der Waals surface area contributed by atoms with Gasteiger partial charge in [-0.1, -0.05) is 12.1 Å². The molecule has 20 heavy (non-hydrogen) atoms. The Morgan fingerprint density at radius 2 is 2.20 bits per heavy atom. The van der Waals surface area contributed by atoms with Crippen molar-refractivity contribution in [3.63, 3.8) is 0 Å². The number of aromatic nitrogens is 2. The molecule has 3 rings (SSSR count). The Labute approximate surface area is 113 Å². The van der Waals surface area contributed by atoms with Gasteiger partial charge in [0.2, 0.25) is 0 Å². The van der Waals surface area contributed by atoms with Crippen LogP contribution in [0, 0.1) is 11.3 Å². The molecule has 2 aromatic heterocycles. The van der Waals surface area contributed by atoms with E-state index in [0.29, 0.717) is 11.3 Å². The van der Waals surface area contributed by atoms with Crippen molar-refractivity contribution in [1.29, 1.82) is 5.26 Å². The van der Waals surface area contributed by atoms with E-state index >= 15 is 0 Å². The molecule has 0 aliphatic heterocycles. The summed E-state index contributed by atoms with van der Waals surface area (Å²) in [4.78, 5) is 11.7. The van der Waals surface area contributed by atoms with Gasteiger partial charge in [0, 0.05) is 0 Å². The summed E-state index contributed by atoms with van der Waals surface area (Å²) < 4.78 is 11.3. The second kappa shape index (κ2) is 4.90. The first kappa shape index (κ1) is 12.0. The predicted octanol–water partition coefficient (Wildman–Crippen LogP) is 2.02. The van der Waals surface area contributed by atoms with Gasteiger partial charge in [0.05, 0.1) is 24.4 Å². The van der Waals surface area contributed by atoms with Crippen LogP contribution in [-0.2, 0) is 6.54 Å². The number of nitriles is 1. The zero-order valence-corrected chi connectivity index (χ0v) is 10.3. The first-order valence-corrected chi connectivity index (χ1v) is 5.87. The summed E-state index contributed by atoms with van der Waals surface area (Å²) >= 11 is 0. The van der Waals surface area contributed by atoms with Crippen LogP contribution in [0.25, 0.3) is 11.7 Å². The third-order valence-electron chi connectivity index (χ3n) is 2.73. The molecule has 0 radical (unpaired) electrons. The molecule has 98 valence electrons. The van der Waals surface area contributed by atoms with E-state index in [1.807, 2.05) is 12.1 Å². The zero-order chi connectivity index (χ0) is 13.9. The molecule has 0 aliphatic rings. The maximum Gasteiger partial charge on any atom is 0.437 e. The summed E-state index contributed by atoms with van der Waals surface area (Å²) in [5.41, 5.74) is 1.33. The van der Waals surface area contributed by atoms with Crippen molar-refractivity contribution >= 4 is 0 Å². The highest BCUT2D eigenvalue weighted by atomic mass is 16.4. The molecule has 0 saturated carbocycles. The largest absolute Gasteiger partial charge is 0.459 e. The quantitative estimate of drug-likeness (QED) is 0.724. The SMILES string of the molecule is N#Cc1cccc(Cn2nc(-c3ccco3)oc2=O)c1. The lowest BCUT2D eigenvalue weighted by Gasteiger charge is -1.99. The summed E-state index contributed by atoms with van der Waals surface area (Å²) in [7, 11) is 0. The number of rotatable bonds is 3. The van der Waals surface area contributed by atoms with Crippen molar-refractivity contribution in [2.24, 2.45) is 0 Å². The van der Waals surface area contributed by atoms with E-state index in [9.17, 15) is 4.79 Å². The molecule has 0 spiro atoms. The van der Waals surface area contributed by atoms with E-state index in [1.165, 1.54) is 10.9 Å². The number of benzene rings is 1. The van der Waals surface area contributed by atoms with Crippen LogP contribution in [0.5, 0.6) is 0 Å². The second-order valence-electron chi connectivity index (χ2n) is 4.12. The standard InChI is InChI=1S/C14H9N3O3/c15-8-10-3-1-4-11(7-10)9-17-14(18)20-13(16-17)12-5-2-6-19-12/h1-7H,9H2. The molecule has 0 aliphatic carbocycles. The van der Waals surface area contributed by atoms with Gasteiger partial charge in [0.15, 0.2) is 5.76 Å². The minimum Gasteiger partial charge on any atom is -0.459 e. The zero-order valence-electron chi connectivity index (χ0n) is 10.3. The molecule has 0 atom stereocenters. The van der Waals surface area contributed by atoms with E-state index in [0.717, 1.165) is 5.56 Å². The van der Waals surface area contributed by atoms with Crippen LogP contribution in [0.1, 0.15) is 11.1 Å². The first-order valence-electron chi connectivity index (χ1n) is 5.87. The Bertz CT molecular complexity index is 822. The molecule has 2 heterocycles. The Hall–Kier alpha value is -3.07. The smallest absolute Gasteiger partial charge is 0.437 e. The van der Waals surface area contributed by atoms with Crippen molar-refractivity contribution in [3.8, 4) is 17.7 Å². The average molecular weight is 267 g/mol. The Balaban J connectivity index is 1.92. The second-order valence-corrected chi connectivity index (χ2v) is 4.12. The summed E-state index contributed by atoms with van der Waals surface area (Å²) in [5, 5.41) is 12.9. The van der Waals surface area contributed by atoms with E-state index in [4.69, 9.17) is 14.1 Å². The number of furan rings is 1. The fraction of sp³-hybridized carbons (Fsp3) is 0.0714. The number of hydrogen-bond acceptors (Lipinski definition) is 5. The number of nitrogens with zero attached hydrogens (tertiary/aromatic N) is 3. The normalized spacial score (nSPS) is 10.3. The lowest BCUT2D eigenvalue weighted by molar-refractivity contribution is 0.476. The molecule has 0 bridgehead atoms. The third-order valence-corrected chi connectivity index (χ3v) is 2.73. The van der Waals surface area contributed by atoms with E-state index in [-0.39, 0.29) is 12.4 Å². The highest BCUT2D eigenvalue weighted by Gasteiger charge is 2.12. The van der Waals surface area contributed by atoms with Gasteiger partial charge < -0.3 is 8.83 Å². The van der Waals surface area contributed by atoms with Crippen molar-refractivity contribution in [2.45, 2.75) is 6.54 Å². The van der Waals surface area contributed by atoms with E-state index in [2.05, 4.69) is 5.10 Å². The first-order chi connectivity index (χ1) is 9.76. The van der Waals surface area contributed by atoms with Crippen molar-refractivity contribution in [3.05, 3.63) is 64.3 Å². The number of hydrogen-bond donors (Lipinski definition) is 0. The molecule has 1 aromatic carbocycles. The Morgan fingerprint density at radius 3 is 2.95 bits per heavy atom. The molecular formula is C14H9N3O3. The Morgan fingerprint density at radius 1 is 1.30 bits per heavy atom. The van der Waals surface area contributed by atoms with Crippen LogP contribution in [0.2, 0.25) is 0 Å². The van der Waals surface area contributed by atoms with Crippen LogP contribution in [0.4, 0.5) is 0 Å². The molecule has 0 unspecified atom stereocenters. The van der Waals surface area contributed by atoms with Crippen LogP contribution in [0.15, 0.2) is 56.3 Å². The average Bonchev–Trinajstić information content (AvgIpc) is 3.10. The Kier molecular flexibility index (Phi) is 2.94. The maximum absolute atomic E-state index is 11.7. The minimum atomic E-state index is -0.571. The molecule has 6 heteroatoms. The molecule has 0 fully saturated rings. The minimum absolute atomic E-state index is 0.136. The summed E-state index contributed by atoms with van der Waals surface area (Å²) in [5.74, 6) is -0.0400. The van der Waals surface area contributed by atoms with Crippen molar-refractivity contribution in [1.82, 2.24) is 9.78 Å². The molecule has 0 amide bonds. The molecule has 0 saturated heterocycles. The summed E-state index contributed by atoms with van der Waals surface area (Å²) in [6, 6.07) is 12.4. The van der Waals surface area contributed by atoms with Gasteiger partial charge in [-0.15, -0.1) is 5.10 Å². The summed E-state index contributed by atoms with van der Waals surface area (Å²) in [6.45, 7) is 0.235. The molecule has 6 nitrogen and oxygen atoms in total. The van der Waals surface area contributed by atoms with Crippen LogP contribution in [0.3, 0.4) is 0 Å². The lowest BCUT2D eigenvalue weighted by atomic mass is 10.1. The van der Waals surface area contributed by atoms with Gasteiger partial charge in [-0.25, -0.2) is 4.79 Å². The van der Waals surface area contributed by atoms with Crippen LogP contribution in [-0.4, -0.2) is 9.78 Å². The highest BCUT2D eigenvalue weighted by molar-refractivity contribution is 5.42. The van der Waals surface area contributed by atoms with Crippen molar-refractivity contribution < 1.29 is 8.83 Å². The van der Waals surface area contributed by atoms with Gasteiger partial charge in [0.25, 0.3) is 5.89 Å². The fourth-order valence-electron chi connectivity index (χ4n) is 1.82. The van der Waals surface area contributed by atoms with Gasteiger partial charge in [-0.05, 0) is 29.8 Å². The molecular weight excluding hydrogens is 258 g/mol. The monoisotopic (exact) mass is 267 g/mol. The highest BCUT2D eigenvalue weighted by Crippen LogP contribution is 2.15. The summed E-state index contributed by atoms with van der Waals surface area (Å²) in [6.07, 6.45) is 1.48. The van der Waals surface area contributed by atoms with Gasteiger partial charge in [0.1, 0.15) is 0 Å². The third kappa shape index (κ3) is 2.24. The topological polar surface area (TPSA) is 85.0 Å². The van der Waals surface area contributed by atoms with E-state index in [1.54, 1.807) is 30.3 Å². The van der Waals surface area contributed by atoms with Gasteiger partial charge in [-0.2, -0.15) is 9.94 Å². The van der Waals surface area contributed by atoms with Crippen molar-refractivity contribution in [2.75, 3.05) is 0 Å². The van der Waals surface area contributed by atoms with Crippen LogP contribution < -0.4 is 5.76 Å². The fourth-order valence-corrected chi connectivity index (χ4v) is 1.82.